The molecule has 0 fully saturated rings. The van der Waals surface area contributed by atoms with Crippen LogP contribution in [0, 0.1) is 10.1 Å². The first-order valence-corrected chi connectivity index (χ1v) is 5.41. The Bertz CT molecular complexity index is 651. The van der Waals surface area contributed by atoms with Gasteiger partial charge in [0.05, 0.1) is 11.5 Å². The van der Waals surface area contributed by atoms with Crippen molar-refractivity contribution in [1.29, 1.82) is 0 Å². The number of alkyl halides is 3. The van der Waals surface area contributed by atoms with E-state index in [0.29, 0.717) is 5.56 Å². The Balaban J connectivity index is 2.20. The molecule has 0 saturated carbocycles. The molecular weight excluding hydrogens is 277 g/mol. The summed E-state index contributed by atoms with van der Waals surface area (Å²) in [5.74, 6) is 0. The number of aromatic nitrogens is 2. The van der Waals surface area contributed by atoms with Crippen molar-refractivity contribution in [3.8, 4) is 0 Å². The second kappa shape index (κ2) is 4.83. The van der Waals surface area contributed by atoms with E-state index in [1.165, 1.54) is 24.4 Å². The van der Waals surface area contributed by atoms with Gasteiger partial charge < -0.3 is 5.73 Å². The minimum Gasteiger partial charge on any atom is -0.393 e. The summed E-state index contributed by atoms with van der Waals surface area (Å²) in [6.07, 6.45) is -3.32. The van der Waals surface area contributed by atoms with Crippen LogP contribution in [0.5, 0.6) is 0 Å². The van der Waals surface area contributed by atoms with Crippen LogP contribution in [0.1, 0.15) is 11.3 Å². The molecule has 0 aliphatic heterocycles. The summed E-state index contributed by atoms with van der Waals surface area (Å²) < 4.78 is 38.2. The van der Waals surface area contributed by atoms with Crippen LogP contribution >= 0.6 is 0 Å². The Kier molecular flexibility index (Phi) is 3.35. The molecule has 0 spiro atoms. The summed E-state index contributed by atoms with van der Waals surface area (Å²) in [5, 5.41) is 14.0. The maximum atomic E-state index is 12.4. The van der Waals surface area contributed by atoms with E-state index in [0.717, 1.165) is 10.7 Å². The van der Waals surface area contributed by atoms with Crippen LogP contribution < -0.4 is 5.73 Å². The number of halogens is 3. The van der Waals surface area contributed by atoms with Gasteiger partial charge in [-0.1, -0.05) is 6.07 Å². The summed E-state index contributed by atoms with van der Waals surface area (Å²) in [6, 6.07) is 4.82. The summed E-state index contributed by atoms with van der Waals surface area (Å²) in [7, 11) is 0. The fourth-order valence-electron chi connectivity index (χ4n) is 1.66. The highest BCUT2D eigenvalue weighted by Crippen LogP contribution is 2.27. The average molecular weight is 286 g/mol. The van der Waals surface area contributed by atoms with Crippen molar-refractivity contribution in [1.82, 2.24) is 9.78 Å². The van der Waals surface area contributed by atoms with E-state index in [4.69, 9.17) is 5.73 Å². The number of rotatable bonds is 3. The lowest BCUT2D eigenvalue weighted by Gasteiger charge is -2.04. The molecule has 0 aliphatic carbocycles. The van der Waals surface area contributed by atoms with E-state index in [1.54, 1.807) is 0 Å². The number of benzene rings is 1. The zero-order valence-electron chi connectivity index (χ0n) is 9.96. The maximum absolute atomic E-state index is 12.4. The summed E-state index contributed by atoms with van der Waals surface area (Å²) in [4.78, 5) is 9.96. The lowest BCUT2D eigenvalue weighted by Crippen LogP contribution is -2.08. The van der Waals surface area contributed by atoms with Crippen molar-refractivity contribution in [3.05, 3.63) is 51.8 Å². The van der Waals surface area contributed by atoms with Gasteiger partial charge in [0, 0.05) is 12.3 Å². The number of nitrogen functional groups attached to an aromatic ring is 1. The SMILES string of the molecule is Nc1cc(Cn2ccc(C(F)(F)F)n2)ccc1[N+](=O)[O-]. The van der Waals surface area contributed by atoms with Gasteiger partial charge in [0.1, 0.15) is 5.69 Å². The molecule has 0 radical (unpaired) electrons. The molecule has 9 heteroatoms. The van der Waals surface area contributed by atoms with E-state index < -0.39 is 16.8 Å². The molecule has 2 rings (SSSR count). The first-order valence-electron chi connectivity index (χ1n) is 5.41. The molecule has 2 N–H and O–H groups in total. The number of anilines is 1. The molecule has 0 unspecified atom stereocenters. The van der Waals surface area contributed by atoms with Crippen LogP contribution in [0.4, 0.5) is 24.5 Å². The van der Waals surface area contributed by atoms with E-state index in [9.17, 15) is 23.3 Å². The zero-order valence-corrected chi connectivity index (χ0v) is 9.96. The number of nitrogens with two attached hydrogens (primary N) is 1. The first kappa shape index (κ1) is 13.8. The molecule has 1 aromatic heterocycles. The molecule has 106 valence electrons. The predicted octanol–water partition coefficient (Wildman–Crippen LogP) is 2.44. The summed E-state index contributed by atoms with van der Waals surface area (Å²) >= 11 is 0. The van der Waals surface area contributed by atoms with Gasteiger partial charge in [0.25, 0.3) is 5.69 Å². The Morgan fingerprint density at radius 1 is 1.35 bits per heavy atom. The molecule has 2 aromatic rings. The number of hydrogen-bond donors (Lipinski definition) is 1. The monoisotopic (exact) mass is 286 g/mol. The Morgan fingerprint density at radius 3 is 2.55 bits per heavy atom. The lowest BCUT2D eigenvalue weighted by atomic mass is 10.2. The molecular formula is C11H9F3N4O2. The number of hydrogen-bond acceptors (Lipinski definition) is 4. The van der Waals surface area contributed by atoms with Gasteiger partial charge in [-0.25, -0.2) is 0 Å². The number of nitro groups is 1. The highest BCUT2D eigenvalue weighted by Gasteiger charge is 2.33. The van der Waals surface area contributed by atoms with Crippen LogP contribution in [0.25, 0.3) is 0 Å². The third-order valence-corrected chi connectivity index (χ3v) is 2.56. The maximum Gasteiger partial charge on any atom is 0.435 e. The highest BCUT2D eigenvalue weighted by atomic mass is 19.4. The molecule has 0 aliphatic rings. The minimum atomic E-state index is -4.50. The Hall–Kier alpha value is -2.58. The molecule has 1 heterocycles. The minimum absolute atomic E-state index is 0.0400. The van der Waals surface area contributed by atoms with Gasteiger partial charge in [-0.3, -0.25) is 14.8 Å². The zero-order chi connectivity index (χ0) is 14.9. The van der Waals surface area contributed by atoms with Crippen LogP contribution in [0.15, 0.2) is 30.5 Å². The van der Waals surface area contributed by atoms with Crippen molar-refractivity contribution < 1.29 is 18.1 Å². The quantitative estimate of drug-likeness (QED) is 0.533. The van der Waals surface area contributed by atoms with Gasteiger partial charge in [0.15, 0.2) is 5.69 Å². The van der Waals surface area contributed by atoms with Crippen LogP contribution in [-0.2, 0) is 12.7 Å². The number of nitrogens with zero attached hydrogens (tertiary/aromatic N) is 3. The van der Waals surface area contributed by atoms with Gasteiger partial charge >= 0.3 is 6.18 Å². The first-order chi connectivity index (χ1) is 9.27. The lowest BCUT2D eigenvalue weighted by molar-refractivity contribution is -0.383. The van der Waals surface area contributed by atoms with E-state index in [2.05, 4.69) is 5.10 Å². The van der Waals surface area contributed by atoms with Crippen molar-refractivity contribution in [2.75, 3.05) is 5.73 Å². The second-order valence-electron chi connectivity index (χ2n) is 4.05. The average Bonchev–Trinajstić information content (AvgIpc) is 2.76. The Labute approximate surface area is 110 Å². The third kappa shape index (κ3) is 2.87. The second-order valence-corrected chi connectivity index (χ2v) is 4.05. The van der Waals surface area contributed by atoms with Gasteiger partial charge in [0.2, 0.25) is 0 Å². The van der Waals surface area contributed by atoms with Gasteiger partial charge in [-0.15, -0.1) is 0 Å². The Morgan fingerprint density at radius 2 is 2.05 bits per heavy atom. The van der Waals surface area contributed by atoms with E-state index in [-0.39, 0.29) is 17.9 Å². The molecule has 0 atom stereocenters. The fourth-order valence-corrected chi connectivity index (χ4v) is 1.66. The highest BCUT2D eigenvalue weighted by molar-refractivity contribution is 5.59. The van der Waals surface area contributed by atoms with Crippen molar-refractivity contribution in [2.45, 2.75) is 12.7 Å². The third-order valence-electron chi connectivity index (χ3n) is 2.56. The molecule has 0 bridgehead atoms. The van der Waals surface area contributed by atoms with Crippen molar-refractivity contribution in [2.24, 2.45) is 0 Å². The topological polar surface area (TPSA) is 87.0 Å². The van der Waals surface area contributed by atoms with Crippen LogP contribution in [-0.4, -0.2) is 14.7 Å². The number of nitro benzene ring substituents is 1. The van der Waals surface area contributed by atoms with Crippen LogP contribution in [0.2, 0.25) is 0 Å². The smallest absolute Gasteiger partial charge is 0.393 e. The van der Waals surface area contributed by atoms with E-state index >= 15 is 0 Å². The molecule has 0 saturated heterocycles. The van der Waals surface area contributed by atoms with Crippen LogP contribution in [0.3, 0.4) is 0 Å². The largest absolute Gasteiger partial charge is 0.435 e. The summed E-state index contributed by atoms with van der Waals surface area (Å²) in [6.45, 7) is 0.0400. The summed E-state index contributed by atoms with van der Waals surface area (Å²) in [5.41, 5.74) is 4.73. The standard InChI is InChI=1S/C11H9F3N4O2/c12-11(13,14)10-3-4-17(16-10)6-7-1-2-9(18(19)20)8(15)5-7/h1-5H,6,15H2. The van der Waals surface area contributed by atoms with Crippen molar-refractivity contribution >= 4 is 11.4 Å². The van der Waals surface area contributed by atoms with Crippen molar-refractivity contribution in [3.63, 3.8) is 0 Å². The molecule has 1 aromatic carbocycles. The fraction of sp³-hybridized carbons (Fsp3) is 0.182. The normalized spacial score (nSPS) is 11.6. The van der Waals surface area contributed by atoms with Gasteiger partial charge in [-0.05, 0) is 17.7 Å². The molecule has 6 nitrogen and oxygen atoms in total. The van der Waals surface area contributed by atoms with Gasteiger partial charge in [-0.2, -0.15) is 18.3 Å². The molecule has 20 heavy (non-hydrogen) atoms. The predicted molar refractivity (Wildman–Crippen MR) is 63.8 cm³/mol. The molecule has 0 amide bonds. The van der Waals surface area contributed by atoms with E-state index in [1.807, 2.05) is 0 Å².